The van der Waals surface area contributed by atoms with Crippen molar-refractivity contribution in [3.8, 4) is 11.5 Å². The topological polar surface area (TPSA) is 58.1 Å². The van der Waals surface area contributed by atoms with Crippen LogP contribution in [-0.2, 0) is 6.54 Å². The van der Waals surface area contributed by atoms with Gasteiger partial charge in [-0.2, -0.15) is 0 Å². The maximum atomic E-state index is 5.53. The number of guanidine groups is 1. The van der Waals surface area contributed by atoms with Crippen molar-refractivity contribution >= 4 is 35.6 Å². The van der Waals surface area contributed by atoms with Gasteiger partial charge in [-0.3, -0.25) is 0 Å². The van der Waals surface area contributed by atoms with E-state index in [1.165, 1.54) is 24.1 Å². The van der Waals surface area contributed by atoms with Crippen molar-refractivity contribution < 1.29 is 9.47 Å². The fourth-order valence-electron chi connectivity index (χ4n) is 3.82. The molecule has 7 heteroatoms. The number of nitrogens with zero attached hydrogens (tertiary/aromatic N) is 2. The van der Waals surface area contributed by atoms with Gasteiger partial charge in [0, 0.05) is 30.9 Å². The highest BCUT2D eigenvalue weighted by atomic mass is 127. The number of nitrogens with one attached hydrogen (secondary N) is 2. The molecule has 2 aromatic rings. The molecule has 1 unspecified atom stereocenters. The molecule has 1 atom stereocenters. The van der Waals surface area contributed by atoms with Crippen LogP contribution in [0.3, 0.4) is 0 Å². The SMILES string of the molecule is CCNC(=NCc1cccc(OC)c1OC)NC(C)c1cccc(N2CCCC2)c1.I. The molecule has 31 heavy (non-hydrogen) atoms. The lowest BCUT2D eigenvalue weighted by molar-refractivity contribution is 0.352. The standard InChI is InChI=1S/C24H34N4O2.HI/c1-5-25-24(26-17-20-11-9-13-22(29-3)23(20)30-4)27-18(2)19-10-8-12-21(16-19)28-14-6-7-15-28;/h8-13,16,18H,5-7,14-15,17H2,1-4H3,(H2,25,26,27);1H. The van der Waals surface area contributed by atoms with Gasteiger partial charge < -0.3 is 25.0 Å². The Balaban J connectivity index is 0.00000341. The first-order chi connectivity index (χ1) is 14.7. The second kappa shape index (κ2) is 12.6. The summed E-state index contributed by atoms with van der Waals surface area (Å²) in [6, 6.07) is 14.8. The van der Waals surface area contributed by atoms with E-state index in [4.69, 9.17) is 14.5 Å². The lowest BCUT2D eigenvalue weighted by Crippen LogP contribution is -2.38. The zero-order valence-corrected chi connectivity index (χ0v) is 21.3. The Morgan fingerprint density at radius 3 is 2.52 bits per heavy atom. The third-order valence-corrected chi connectivity index (χ3v) is 5.43. The molecule has 1 fully saturated rings. The smallest absolute Gasteiger partial charge is 0.192 e. The normalized spacial score (nSPS) is 14.6. The van der Waals surface area contributed by atoms with Crippen molar-refractivity contribution in [2.75, 3.05) is 38.8 Å². The first kappa shape index (κ1) is 25.1. The highest BCUT2D eigenvalue weighted by molar-refractivity contribution is 14.0. The molecule has 2 aromatic carbocycles. The predicted octanol–water partition coefficient (Wildman–Crippen LogP) is 4.74. The maximum Gasteiger partial charge on any atom is 0.192 e. The Morgan fingerprint density at radius 2 is 1.84 bits per heavy atom. The number of halogens is 1. The van der Waals surface area contributed by atoms with E-state index >= 15 is 0 Å². The molecule has 0 radical (unpaired) electrons. The summed E-state index contributed by atoms with van der Waals surface area (Å²) in [6.45, 7) is 7.83. The minimum atomic E-state index is 0. The molecule has 170 valence electrons. The van der Waals surface area contributed by atoms with Gasteiger partial charge in [0.2, 0.25) is 0 Å². The molecule has 0 aromatic heterocycles. The fourth-order valence-corrected chi connectivity index (χ4v) is 3.82. The first-order valence-electron chi connectivity index (χ1n) is 10.8. The van der Waals surface area contributed by atoms with Gasteiger partial charge in [0.1, 0.15) is 0 Å². The Bertz CT molecular complexity index is 853. The van der Waals surface area contributed by atoms with Gasteiger partial charge in [0.15, 0.2) is 17.5 Å². The summed E-state index contributed by atoms with van der Waals surface area (Å²) in [5.41, 5.74) is 3.54. The summed E-state index contributed by atoms with van der Waals surface area (Å²) in [5.74, 6) is 2.22. The molecule has 1 aliphatic rings. The molecule has 0 amide bonds. The number of methoxy groups -OCH3 is 2. The number of benzene rings is 2. The van der Waals surface area contributed by atoms with Crippen molar-refractivity contribution in [1.82, 2.24) is 10.6 Å². The molecule has 0 aliphatic carbocycles. The lowest BCUT2D eigenvalue weighted by Gasteiger charge is -2.22. The van der Waals surface area contributed by atoms with Crippen LogP contribution in [0.1, 0.15) is 43.9 Å². The summed E-state index contributed by atoms with van der Waals surface area (Å²) in [5, 5.41) is 6.88. The Morgan fingerprint density at radius 1 is 1.10 bits per heavy atom. The van der Waals surface area contributed by atoms with E-state index in [2.05, 4.69) is 53.6 Å². The molecule has 0 spiro atoms. The van der Waals surface area contributed by atoms with Crippen molar-refractivity contribution in [3.05, 3.63) is 53.6 Å². The van der Waals surface area contributed by atoms with E-state index in [0.29, 0.717) is 6.54 Å². The molecule has 1 aliphatic heterocycles. The van der Waals surface area contributed by atoms with Gasteiger partial charge >= 0.3 is 0 Å². The number of aliphatic imine (C=N–C) groups is 1. The quantitative estimate of drug-likeness (QED) is 0.289. The van der Waals surface area contributed by atoms with Gasteiger partial charge in [0.25, 0.3) is 0 Å². The van der Waals surface area contributed by atoms with Crippen LogP contribution in [0.2, 0.25) is 0 Å². The molecule has 0 bridgehead atoms. The number of rotatable bonds is 8. The van der Waals surface area contributed by atoms with Gasteiger partial charge in [-0.25, -0.2) is 4.99 Å². The minimum absolute atomic E-state index is 0. The average Bonchev–Trinajstić information content (AvgIpc) is 3.32. The Hall–Kier alpha value is -2.16. The summed E-state index contributed by atoms with van der Waals surface area (Å²) < 4.78 is 10.9. The number of anilines is 1. The fraction of sp³-hybridized carbons (Fsp3) is 0.458. The van der Waals surface area contributed by atoms with Crippen LogP contribution >= 0.6 is 24.0 Å². The zero-order valence-electron chi connectivity index (χ0n) is 19.0. The largest absolute Gasteiger partial charge is 0.493 e. The van der Waals surface area contributed by atoms with Crippen molar-refractivity contribution in [3.63, 3.8) is 0 Å². The molecule has 1 saturated heterocycles. The lowest BCUT2D eigenvalue weighted by atomic mass is 10.1. The maximum absolute atomic E-state index is 5.53. The van der Waals surface area contributed by atoms with Crippen molar-refractivity contribution in [2.24, 2.45) is 4.99 Å². The summed E-state index contributed by atoms with van der Waals surface area (Å²) in [7, 11) is 3.30. The third-order valence-electron chi connectivity index (χ3n) is 5.43. The summed E-state index contributed by atoms with van der Waals surface area (Å²) in [6.07, 6.45) is 2.56. The number of ether oxygens (including phenoxy) is 2. The summed E-state index contributed by atoms with van der Waals surface area (Å²) in [4.78, 5) is 7.24. The first-order valence-corrected chi connectivity index (χ1v) is 10.8. The number of para-hydroxylation sites is 1. The van der Waals surface area contributed by atoms with Crippen molar-refractivity contribution in [2.45, 2.75) is 39.3 Å². The van der Waals surface area contributed by atoms with Gasteiger partial charge in [-0.05, 0) is 50.5 Å². The molecule has 6 nitrogen and oxygen atoms in total. The molecule has 1 heterocycles. The molecular weight excluding hydrogens is 503 g/mol. The zero-order chi connectivity index (χ0) is 21.3. The van der Waals surface area contributed by atoms with E-state index in [-0.39, 0.29) is 30.0 Å². The van der Waals surface area contributed by atoms with Crippen LogP contribution in [-0.4, -0.2) is 39.8 Å². The van der Waals surface area contributed by atoms with Crippen LogP contribution in [0, 0.1) is 0 Å². The van der Waals surface area contributed by atoms with Crippen LogP contribution in [0.5, 0.6) is 11.5 Å². The second-order valence-electron chi connectivity index (χ2n) is 7.50. The van der Waals surface area contributed by atoms with E-state index in [0.717, 1.165) is 42.7 Å². The average molecular weight is 538 g/mol. The van der Waals surface area contributed by atoms with E-state index in [1.54, 1.807) is 14.2 Å². The molecule has 2 N–H and O–H groups in total. The highest BCUT2D eigenvalue weighted by Gasteiger charge is 2.15. The van der Waals surface area contributed by atoms with Gasteiger partial charge in [-0.15, -0.1) is 24.0 Å². The monoisotopic (exact) mass is 538 g/mol. The van der Waals surface area contributed by atoms with E-state index in [9.17, 15) is 0 Å². The van der Waals surface area contributed by atoms with Crippen molar-refractivity contribution in [1.29, 1.82) is 0 Å². The minimum Gasteiger partial charge on any atom is -0.493 e. The molecule has 3 rings (SSSR count). The highest BCUT2D eigenvalue weighted by Crippen LogP contribution is 2.31. The summed E-state index contributed by atoms with van der Waals surface area (Å²) >= 11 is 0. The number of hydrogen-bond acceptors (Lipinski definition) is 4. The molecule has 0 saturated carbocycles. The molecular formula is C24H35IN4O2. The second-order valence-corrected chi connectivity index (χ2v) is 7.50. The van der Waals surface area contributed by atoms with Gasteiger partial charge in [0.05, 0.1) is 26.8 Å². The van der Waals surface area contributed by atoms with E-state index in [1.807, 2.05) is 18.2 Å². The Kier molecular flexibility index (Phi) is 10.2. The van der Waals surface area contributed by atoms with Crippen LogP contribution < -0.4 is 25.0 Å². The van der Waals surface area contributed by atoms with E-state index < -0.39 is 0 Å². The third kappa shape index (κ3) is 6.66. The van der Waals surface area contributed by atoms with Crippen LogP contribution in [0.4, 0.5) is 5.69 Å². The van der Waals surface area contributed by atoms with Gasteiger partial charge in [-0.1, -0.05) is 24.3 Å². The Labute approximate surface area is 203 Å². The van der Waals surface area contributed by atoms with Crippen LogP contribution in [0.15, 0.2) is 47.5 Å². The predicted molar refractivity (Wildman–Crippen MR) is 139 cm³/mol. The van der Waals surface area contributed by atoms with Crippen LogP contribution in [0.25, 0.3) is 0 Å². The number of hydrogen-bond donors (Lipinski definition) is 2.